The van der Waals surface area contributed by atoms with Crippen LogP contribution in [0, 0.1) is 6.92 Å². The highest BCUT2D eigenvalue weighted by molar-refractivity contribution is 5.75. The molecule has 0 aliphatic carbocycles. The molecule has 0 saturated carbocycles. The summed E-state index contributed by atoms with van der Waals surface area (Å²) in [5.41, 5.74) is 17.5. The van der Waals surface area contributed by atoms with Crippen LogP contribution < -0.4 is 27.0 Å². The van der Waals surface area contributed by atoms with Gasteiger partial charge in [-0.25, -0.2) is 20.4 Å². The standard InChI is InChI=1S/C16H30N6O4/c1-12-10-21(19-13(15(23)24)6-2-4-8-17)11-22(12)20-14(16(25)26)7-3-5-9-18/h10-11,13-14,19-20H,2-9,17-18H2,1H3,(H-,23,24,25,26)/p+1/t13-,14-/m0/s1. The maximum absolute atomic E-state index is 11.4. The van der Waals surface area contributed by atoms with Crippen molar-refractivity contribution in [1.29, 1.82) is 0 Å². The molecule has 148 valence electrons. The highest BCUT2D eigenvalue weighted by Gasteiger charge is 2.23. The Hall–Kier alpha value is -2.33. The molecular formula is C16H31N6O4+. The minimum Gasteiger partial charge on any atom is -0.480 e. The van der Waals surface area contributed by atoms with Crippen LogP contribution in [-0.4, -0.2) is 52.0 Å². The lowest BCUT2D eigenvalue weighted by Crippen LogP contribution is -2.52. The minimum atomic E-state index is -0.946. The predicted molar refractivity (Wildman–Crippen MR) is 96.7 cm³/mol. The molecule has 0 saturated heterocycles. The Kier molecular flexibility index (Phi) is 9.45. The van der Waals surface area contributed by atoms with Crippen LogP contribution in [0.2, 0.25) is 0 Å². The zero-order chi connectivity index (χ0) is 19.5. The predicted octanol–water partition coefficient (Wildman–Crippen LogP) is -0.665. The number of nitrogens with two attached hydrogens (primary N) is 2. The molecule has 0 bridgehead atoms. The number of nitrogens with one attached hydrogen (secondary N) is 2. The van der Waals surface area contributed by atoms with Gasteiger partial charge in [0.2, 0.25) is 0 Å². The fourth-order valence-electron chi connectivity index (χ4n) is 2.54. The van der Waals surface area contributed by atoms with Crippen molar-refractivity contribution in [3.8, 4) is 0 Å². The summed E-state index contributed by atoms with van der Waals surface area (Å²) >= 11 is 0. The number of carboxylic acid groups (broad SMARTS) is 2. The van der Waals surface area contributed by atoms with Gasteiger partial charge in [-0.2, -0.15) is 0 Å². The van der Waals surface area contributed by atoms with Crippen LogP contribution in [0.3, 0.4) is 0 Å². The number of imidazole rings is 1. The smallest absolute Gasteiger partial charge is 0.329 e. The third-order valence-corrected chi connectivity index (χ3v) is 4.04. The monoisotopic (exact) mass is 371 g/mol. The van der Waals surface area contributed by atoms with E-state index in [-0.39, 0.29) is 0 Å². The van der Waals surface area contributed by atoms with Gasteiger partial charge in [-0.3, -0.25) is 0 Å². The zero-order valence-electron chi connectivity index (χ0n) is 15.2. The molecule has 0 aliphatic heterocycles. The van der Waals surface area contributed by atoms with Crippen molar-refractivity contribution < 1.29 is 24.5 Å². The first kappa shape index (κ1) is 21.7. The number of aliphatic carboxylic acids is 2. The quantitative estimate of drug-likeness (QED) is 0.186. The number of nitrogens with zero attached hydrogens (tertiary/aromatic N) is 2. The Morgan fingerprint density at radius 2 is 1.62 bits per heavy atom. The maximum atomic E-state index is 11.4. The van der Waals surface area contributed by atoms with Gasteiger partial charge in [0.25, 0.3) is 6.33 Å². The second kappa shape index (κ2) is 11.3. The molecular weight excluding hydrogens is 340 g/mol. The van der Waals surface area contributed by atoms with Crippen LogP contribution in [-0.2, 0) is 9.59 Å². The molecule has 0 fully saturated rings. The summed E-state index contributed by atoms with van der Waals surface area (Å²) in [6.07, 6.45) is 7.14. The van der Waals surface area contributed by atoms with Crippen molar-refractivity contribution in [1.82, 2.24) is 4.68 Å². The fourth-order valence-corrected chi connectivity index (χ4v) is 2.54. The van der Waals surface area contributed by atoms with E-state index in [1.165, 1.54) is 4.68 Å². The Bertz CT molecular complexity index is 577. The molecule has 0 aromatic carbocycles. The number of aryl methyl sites for hydroxylation is 1. The lowest BCUT2D eigenvalue weighted by Gasteiger charge is -2.13. The molecule has 8 N–H and O–H groups in total. The molecule has 26 heavy (non-hydrogen) atoms. The van der Waals surface area contributed by atoms with E-state index in [9.17, 15) is 19.8 Å². The number of rotatable bonds is 14. The SMILES string of the molecule is Cc1c[n+](N[C@@H](CCCCN)C(=O)O)cn1N[C@@H](CCCCN)C(=O)O. The Labute approximate surface area is 153 Å². The first-order valence-electron chi connectivity index (χ1n) is 8.88. The number of carboxylic acids is 2. The van der Waals surface area contributed by atoms with E-state index in [0.29, 0.717) is 38.8 Å². The van der Waals surface area contributed by atoms with Crippen molar-refractivity contribution in [2.24, 2.45) is 11.5 Å². The molecule has 0 aliphatic rings. The Balaban J connectivity index is 2.73. The normalized spacial score (nSPS) is 13.2. The van der Waals surface area contributed by atoms with Gasteiger partial charge in [-0.15, -0.1) is 9.35 Å². The number of hydrogen-bond acceptors (Lipinski definition) is 6. The second-order valence-electron chi connectivity index (χ2n) is 6.27. The van der Waals surface area contributed by atoms with Gasteiger partial charge < -0.3 is 21.7 Å². The molecule has 10 nitrogen and oxygen atoms in total. The molecule has 1 aromatic rings. The molecule has 1 heterocycles. The molecule has 0 amide bonds. The molecule has 0 unspecified atom stereocenters. The Morgan fingerprint density at radius 1 is 1.08 bits per heavy atom. The number of hydrogen-bond donors (Lipinski definition) is 6. The van der Waals surface area contributed by atoms with Gasteiger partial charge in [0.05, 0.1) is 0 Å². The highest BCUT2D eigenvalue weighted by Crippen LogP contribution is 2.04. The summed E-state index contributed by atoms with van der Waals surface area (Å²) in [4.78, 5) is 22.8. The molecule has 1 rings (SSSR count). The lowest BCUT2D eigenvalue weighted by atomic mass is 10.1. The average molecular weight is 371 g/mol. The highest BCUT2D eigenvalue weighted by atomic mass is 16.4. The Morgan fingerprint density at radius 3 is 2.12 bits per heavy atom. The lowest BCUT2D eigenvalue weighted by molar-refractivity contribution is -0.652. The van der Waals surface area contributed by atoms with Crippen molar-refractivity contribution in [3.63, 3.8) is 0 Å². The van der Waals surface area contributed by atoms with Crippen LogP contribution in [0.4, 0.5) is 0 Å². The van der Waals surface area contributed by atoms with Crippen LogP contribution >= 0.6 is 0 Å². The molecule has 0 spiro atoms. The number of unbranched alkanes of at least 4 members (excludes halogenated alkanes) is 2. The molecule has 10 heteroatoms. The third kappa shape index (κ3) is 7.28. The van der Waals surface area contributed by atoms with E-state index in [0.717, 1.165) is 18.5 Å². The summed E-state index contributed by atoms with van der Waals surface area (Å²) in [5.74, 6) is -1.89. The number of carbonyl (C=O) groups is 2. The summed E-state index contributed by atoms with van der Waals surface area (Å²) < 4.78 is 3.11. The fraction of sp³-hybridized carbons (Fsp3) is 0.688. The van der Waals surface area contributed by atoms with Gasteiger partial charge in [0, 0.05) is 6.92 Å². The van der Waals surface area contributed by atoms with E-state index in [1.54, 1.807) is 24.1 Å². The minimum absolute atomic E-state index is 0.452. The summed E-state index contributed by atoms with van der Waals surface area (Å²) in [6.45, 7) is 2.85. The van der Waals surface area contributed by atoms with Crippen molar-refractivity contribution in [3.05, 3.63) is 18.2 Å². The van der Waals surface area contributed by atoms with Gasteiger partial charge >= 0.3 is 11.9 Å². The van der Waals surface area contributed by atoms with E-state index in [1.807, 2.05) is 0 Å². The van der Waals surface area contributed by atoms with Crippen LogP contribution in [0.5, 0.6) is 0 Å². The van der Waals surface area contributed by atoms with E-state index in [2.05, 4.69) is 10.9 Å². The van der Waals surface area contributed by atoms with Crippen molar-refractivity contribution >= 4 is 11.9 Å². The molecule has 0 radical (unpaired) electrons. The largest absolute Gasteiger partial charge is 0.480 e. The summed E-state index contributed by atoms with van der Waals surface area (Å²) in [5, 5.41) is 18.7. The second-order valence-corrected chi connectivity index (χ2v) is 6.27. The maximum Gasteiger partial charge on any atom is 0.329 e. The molecule has 2 atom stereocenters. The van der Waals surface area contributed by atoms with Crippen molar-refractivity contribution in [2.45, 2.75) is 57.5 Å². The van der Waals surface area contributed by atoms with Gasteiger partial charge in [-0.1, -0.05) is 0 Å². The van der Waals surface area contributed by atoms with Gasteiger partial charge in [-0.05, 0) is 51.6 Å². The summed E-state index contributed by atoms with van der Waals surface area (Å²) in [7, 11) is 0. The third-order valence-electron chi connectivity index (χ3n) is 4.04. The van der Waals surface area contributed by atoms with Crippen molar-refractivity contribution in [2.75, 3.05) is 23.9 Å². The number of aromatic nitrogens is 2. The van der Waals surface area contributed by atoms with Crippen LogP contribution in [0.15, 0.2) is 12.5 Å². The average Bonchev–Trinajstić information content (AvgIpc) is 2.92. The van der Waals surface area contributed by atoms with E-state index >= 15 is 0 Å². The topological polar surface area (TPSA) is 160 Å². The van der Waals surface area contributed by atoms with Gasteiger partial charge in [0.1, 0.15) is 0 Å². The first-order valence-corrected chi connectivity index (χ1v) is 8.88. The van der Waals surface area contributed by atoms with Crippen LogP contribution in [0.25, 0.3) is 0 Å². The molecule has 1 aromatic heterocycles. The zero-order valence-corrected chi connectivity index (χ0v) is 15.2. The van der Waals surface area contributed by atoms with Gasteiger partial charge in [0.15, 0.2) is 24.0 Å². The van der Waals surface area contributed by atoms with Crippen LogP contribution in [0.1, 0.15) is 44.2 Å². The first-order chi connectivity index (χ1) is 12.4. The van der Waals surface area contributed by atoms with E-state index < -0.39 is 24.0 Å². The summed E-state index contributed by atoms with van der Waals surface area (Å²) in [6, 6.07) is -1.50. The van der Waals surface area contributed by atoms with E-state index in [4.69, 9.17) is 11.5 Å².